The fourth-order valence-electron chi connectivity index (χ4n) is 4.97. The number of fused-ring (bicyclic) bond motifs is 5. The Hall–Kier alpha value is -1.96. The predicted molar refractivity (Wildman–Crippen MR) is 109 cm³/mol. The Morgan fingerprint density at radius 3 is 2.42 bits per heavy atom. The molecule has 0 amide bonds. The zero-order chi connectivity index (χ0) is 17.9. The van der Waals surface area contributed by atoms with Crippen molar-refractivity contribution >= 4 is 28.9 Å². The molecule has 0 aromatic heterocycles. The van der Waals surface area contributed by atoms with Gasteiger partial charge in [-0.05, 0) is 59.0 Å². The normalized spacial score (nSPS) is 25.8. The van der Waals surface area contributed by atoms with Crippen LogP contribution in [0, 0.1) is 5.92 Å². The molecule has 0 saturated carbocycles. The second-order valence-electron chi connectivity index (χ2n) is 7.53. The maximum Gasteiger partial charge on any atom is 0.0556 e. The molecule has 1 N–H and O–H groups in total. The summed E-state index contributed by atoms with van der Waals surface area (Å²) in [6, 6.07) is 23.5. The van der Waals surface area contributed by atoms with Crippen molar-refractivity contribution in [2.24, 2.45) is 5.92 Å². The van der Waals surface area contributed by atoms with Crippen molar-refractivity contribution in [3.63, 3.8) is 0 Å². The first-order chi connectivity index (χ1) is 12.6. The minimum atomic E-state index is -0.0631. The molecule has 1 aliphatic heterocycles. The van der Waals surface area contributed by atoms with Gasteiger partial charge in [0.25, 0.3) is 0 Å². The van der Waals surface area contributed by atoms with Crippen LogP contribution >= 0.6 is 23.2 Å². The number of hydrogen-bond acceptors (Lipinski definition) is 1. The molecule has 0 unspecified atom stereocenters. The van der Waals surface area contributed by atoms with Crippen LogP contribution in [0.4, 0.5) is 5.69 Å². The molecule has 5 rings (SSSR count). The van der Waals surface area contributed by atoms with Gasteiger partial charge in [0.1, 0.15) is 0 Å². The Morgan fingerprint density at radius 2 is 1.62 bits per heavy atom. The quantitative estimate of drug-likeness (QED) is 0.499. The average Bonchev–Trinajstić information content (AvgIpc) is 2.96. The van der Waals surface area contributed by atoms with E-state index in [0.717, 1.165) is 16.5 Å². The minimum absolute atomic E-state index is 0.0631. The molecule has 0 radical (unpaired) electrons. The third-order valence-electron chi connectivity index (χ3n) is 6.24. The molecule has 3 atom stereocenters. The van der Waals surface area contributed by atoms with Crippen molar-refractivity contribution in [3.05, 3.63) is 99.0 Å². The lowest BCUT2D eigenvalue weighted by Gasteiger charge is -2.45. The summed E-state index contributed by atoms with van der Waals surface area (Å²) < 4.78 is 0. The van der Waals surface area contributed by atoms with Crippen molar-refractivity contribution in [2.75, 3.05) is 5.32 Å². The van der Waals surface area contributed by atoms with Gasteiger partial charge in [-0.2, -0.15) is 0 Å². The molecule has 1 heterocycles. The van der Waals surface area contributed by atoms with E-state index < -0.39 is 0 Å². The van der Waals surface area contributed by atoms with Gasteiger partial charge in [-0.3, -0.25) is 0 Å². The monoisotopic (exact) mass is 379 g/mol. The van der Waals surface area contributed by atoms with Gasteiger partial charge in [0.2, 0.25) is 0 Å². The van der Waals surface area contributed by atoms with E-state index in [-0.39, 0.29) is 11.5 Å². The summed E-state index contributed by atoms with van der Waals surface area (Å²) in [5, 5.41) is 5.35. The highest BCUT2D eigenvalue weighted by Gasteiger charge is 2.51. The molecule has 3 heteroatoms. The maximum atomic E-state index is 6.38. The maximum absolute atomic E-state index is 6.38. The van der Waals surface area contributed by atoms with Crippen LogP contribution in [0.2, 0.25) is 10.0 Å². The Bertz CT molecular complexity index is 995. The summed E-state index contributed by atoms with van der Waals surface area (Å²) in [6.07, 6.45) is 1.05. The average molecular weight is 380 g/mol. The molecule has 2 aliphatic rings. The number of anilines is 1. The van der Waals surface area contributed by atoms with Crippen LogP contribution in [0.15, 0.2) is 66.7 Å². The Balaban J connectivity index is 1.74. The highest BCUT2D eigenvalue weighted by molar-refractivity contribution is 6.31. The first-order valence-corrected chi connectivity index (χ1v) is 9.73. The third kappa shape index (κ3) is 2.24. The van der Waals surface area contributed by atoms with Gasteiger partial charge in [0, 0.05) is 27.1 Å². The van der Waals surface area contributed by atoms with Gasteiger partial charge >= 0.3 is 0 Å². The van der Waals surface area contributed by atoms with Crippen LogP contribution in [0.3, 0.4) is 0 Å². The summed E-state index contributed by atoms with van der Waals surface area (Å²) in [6.45, 7) is 2.38. The summed E-state index contributed by atoms with van der Waals surface area (Å²) >= 11 is 12.5. The number of nitrogens with one attached hydrogen (secondary N) is 1. The highest BCUT2D eigenvalue weighted by atomic mass is 35.5. The molecule has 1 aliphatic carbocycles. The number of rotatable bonds is 1. The minimum Gasteiger partial charge on any atom is -0.378 e. The third-order valence-corrected chi connectivity index (χ3v) is 6.73. The molecule has 130 valence electrons. The fraction of sp³-hybridized carbons (Fsp3) is 0.217. The van der Waals surface area contributed by atoms with Crippen molar-refractivity contribution < 1.29 is 0 Å². The van der Waals surface area contributed by atoms with Gasteiger partial charge in [-0.25, -0.2) is 0 Å². The van der Waals surface area contributed by atoms with Crippen molar-refractivity contribution in [3.8, 4) is 0 Å². The lowest BCUT2D eigenvalue weighted by molar-refractivity contribution is 0.319. The van der Waals surface area contributed by atoms with Gasteiger partial charge in [0.15, 0.2) is 0 Å². The van der Waals surface area contributed by atoms with Crippen LogP contribution in [0.5, 0.6) is 0 Å². The number of halogens is 2. The van der Waals surface area contributed by atoms with E-state index in [0.29, 0.717) is 5.92 Å². The Kier molecular flexibility index (Phi) is 3.60. The van der Waals surface area contributed by atoms with Gasteiger partial charge in [-0.15, -0.1) is 0 Å². The molecule has 26 heavy (non-hydrogen) atoms. The summed E-state index contributed by atoms with van der Waals surface area (Å²) in [5.74, 6) is 0.423. The van der Waals surface area contributed by atoms with Gasteiger partial charge in [-0.1, -0.05) is 66.5 Å². The molecule has 3 aromatic carbocycles. The Morgan fingerprint density at radius 1 is 0.885 bits per heavy atom. The molecule has 0 fully saturated rings. The van der Waals surface area contributed by atoms with Crippen molar-refractivity contribution in [1.82, 2.24) is 0 Å². The van der Waals surface area contributed by atoms with E-state index in [9.17, 15) is 0 Å². The fourth-order valence-corrected chi connectivity index (χ4v) is 5.27. The zero-order valence-corrected chi connectivity index (χ0v) is 16.0. The first-order valence-electron chi connectivity index (χ1n) is 8.98. The Labute approximate surface area is 164 Å². The predicted octanol–water partition coefficient (Wildman–Crippen LogP) is 6.64. The van der Waals surface area contributed by atoms with Crippen LogP contribution in [-0.4, -0.2) is 0 Å². The standard InChI is InChI=1S/C23H19Cl2N/c1-23-18-5-3-2-4-15(18)12-20(23)22(14-6-8-16(24)9-7-14)26-21-11-10-17(25)13-19(21)23/h2-11,13,20,22,26H,12H2,1H3/t20-,22+,23+/m0/s1. The van der Waals surface area contributed by atoms with Crippen LogP contribution in [0.25, 0.3) is 0 Å². The molecule has 3 aromatic rings. The lowest BCUT2D eigenvalue weighted by Crippen LogP contribution is -2.41. The molecule has 0 bridgehead atoms. The smallest absolute Gasteiger partial charge is 0.0556 e. The molecule has 0 saturated heterocycles. The van der Waals surface area contributed by atoms with E-state index in [2.05, 4.69) is 60.8 Å². The SMILES string of the molecule is C[C@]12c3ccccc3C[C@H]1[C@@H](c1ccc(Cl)cc1)Nc1ccc(Cl)cc12. The molecular formula is C23H19Cl2N. The topological polar surface area (TPSA) is 12.0 Å². The van der Waals surface area contributed by atoms with E-state index in [1.54, 1.807) is 0 Å². The molecule has 0 spiro atoms. The van der Waals surface area contributed by atoms with Gasteiger partial charge < -0.3 is 5.32 Å². The van der Waals surface area contributed by atoms with Crippen LogP contribution in [-0.2, 0) is 11.8 Å². The first kappa shape index (κ1) is 16.2. The van der Waals surface area contributed by atoms with E-state index in [1.165, 1.54) is 27.9 Å². The molecular weight excluding hydrogens is 361 g/mol. The van der Waals surface area contributed by atoms with E-state index >= 15 is 0 Å². The number of hydrogen-bond donors (Lipinski definition) is 1. The second-order valence-corrected chi connectivity index (χ2v) is 8.41. The van der Waals surface area contributed by atoms with Crippen molar-refractivity contribution in [1.29, 1.82) is 0 Å². The van der Waals surface area contributed by atoms with E-state index in [4.69, 9.17) is 23.2 Å². The summed E-state index contributed by atoms with van der Waals surface area (Å²) in [4.78, 5) is 0. The lowest BCUT2D eigenvalue weighted by atomic mass is 9.64. The summed E-state index contributed by atoms with van der Waals surface area (Å²) in [7, 11) is 0. The van der Waals surface area contributed by atoms with E-state index in [1.807, 2.05) is 18.2 Å². The summed E-state index contributed by atoms with van der Waals surface area (Å²) in [5.41, 5.74) is 6.54. The van der Waals surface area contributed by atoms with Gasteiger partial charge in [0.05, 0.1) is 6.04 Å². The van der Waals surface area contributed by atoms with Crippen LogP contribution in [0.1, 0.15) is 35.2 Å². The zero-order valence-electron chi connectivity index (χ0n) is 14.5. The van der Waals surface area contributed by atoms with Crippen molar-refractivity contribution in [2.45, 2.75) is 24.8 Å². The largest absolute Gasteiger partial charge is 0.378 e. The molecule has 1 nitrogen and oxygen atoms in total. The number of benzene rings is 3. The van der Waals surface area contributed by atoms with Crippen LogP contribution < -0.4 is 5.32 Å². The second kappa shape index (κ2) is 5.77. The highest BCUT2D eigenvalue weighted by Crippen LogP contribution is 2.57.